The maximum atomic E-state index is 14.0. The highest BCUT2D eigenvalue weighted by atomic mass is 19.1. The van der Waals surface area contributed by atoms with E-state index in [9.17, 15) is 14.0 Å². The van der Waals surface area contributed by atoms with Gasteiger partial charge in [0.25, 0.3) is 0 Å². The van der Waals surface area contributed by atoms with Gasteiger partial charge in [0.1, 0.15) is 5.82 Å². The predicted octanol–water partition coefficient (Wildman–Crippen LogP) is 1.89. The molecule has 0 radical (unpaired) electrons. The highest BCUT2D eigenvalue weighted by molar-refractivity contribution is 5.78. The summed E-state index contributed by atoms with van der Waals surface area (Å²) in [4.78, 5) is 27.0. The number of hydrogen-bond donors (Lipinski definition) is 1. The van der Waals surface area contributed by atoms with Crippen LogP contribution in [0.1, 0.15) is 23.5 Å². The maximum absolute atomic E-state index is 14.0. The van der Waals surface area contributed by atoms with Crippen molar-refractivity contribution in [3.63, 3.8) is 0 Å². The normalized spacial score (nSPS) is 24.2. The van der Waals surface area contributed by atoms with E-state index in [-0.39, 0.29) is 23.3 Å². The number of amides is 1. The number of fused-ring (bicyclic) bond motifs is 1. The number of aromatic nitrogens is 2. The van der Waals surface area contributed by atoms with E-state index in [4.69, 9.17) is 4.74 Å². The molecule has 1 N–H and O–H groups in total. The summed E-state index contributed by atoms with van der Waals surface area (Å²) in [5.74, 6) is -0.413. The number of imidazole rings is 1. The number of nitrogens with one attached hydrogen (secondary N) is 1. The van der Waals surface area contributed by atoms with Crippen LogP contribution in [0.15, 0.2) is 47.3 Å². The van der Waals surface area contributed by atoms with Crippen LogP contribution < -0.4 is 11.0 Å². The van der Waals surface area contributed by atoms with E-state index in [1.807, 2.05) is 24.3 Å². The van der Waals surface area contributed by atoms with Crippen LogP contribution in [0.4, 0.5) is 4.39 Å². The highest BCUT2D eigenvalue weighted by Gasteiger charge is 2.49. The molecule has 2 aliphatic heterocycles. The molecular weight excluding hydrogens is 411 g/mol. The van der Waals surface area contributed by atoms with Gasteiger partial charge in [0.2, 0.25) is 5.91 Å². The second kappa shape index (κ2) is 7.86. The highest BCUT2D eigenvalue weighted by Crippen LogP contribution is 2.38. The van der Waals surface area contributed by atoms with Gasteiger partial charge in [-0.15, -0.1) is 0 Å². The fourth-order valence-electron chi connectivity index (χ4n) is 5.25. The van der Waals surface area contributed by atoms with Gasteiger partial charge in [-0.25, -0.2) is 9.18 Å². The zero-order valence-electron chi connectivity index (χ0n) is 18.3. The number of rotatable bonds is 3. The summed E-state index contributed by atoms with van der Waals surface area (Å²) >= 11 is 0. The summed E-state index contributed by atoms with van der Waals surface area (Å²) in [5, 5.41) is 3.21. The second-order valence-corrected chi connectivity index (χ2v) is 9.01. The van der Waals surface area contributed by atoms with E-state index in [2.05, 4.69) is 10.2 Å². The Morgan fingerprint density at radius 1 is 1.12 bits per heavy atom. The van der Waals surface area contributed by atoms with Crippen molar-refractivity contribution in [3.8, 4) is 0 Å². The Morgan fingerprint density at radius 3 is 2.75 bits per heavy atom. The molecule has 0 saturated carbocycles. The topological polar surface area (TPSA) is 68.5 Å². The Morgan fingerprint density at radius 2 is 1.94 bits per heavy atom. The van der Waals surface area contributed by atoms with Crippen LogP contribution in [0.25, 0.3) is 11.0 Å². The molecule has 2 atom stereocenters. The third kappa shape index (κ3) is 3.53. The van der Waals surface area contributed by atoms with E-state index >= 15 is 0 Å². The average Bonchev–Trinajstić information content (AvgIpc) is 3.12. The second-order valence-electron chi connectivity index (χ2n) is 9.01. The first-order chi connectivity index (χ1) is 15.4. The van der Waals surface area contributed by atoms with Gasteiger partial charge < -0.3 is 10.1 Å². The molecule has 8 heteroatoms. The molecule has 168 valence electrons. The van der Waals surface area contributed by atoms with E-state index in [1.54, 1.807) is 35.4 Å². The summed E-state index contributed by atoms with van der Waals surface area (Å²) in [5.41, 5.74) is 3.05. The molecule has 1 spiro atoms. The Kier molecular flexibility index (Phi) is 5.14. The Balaban J connectivity index is 1.48. The van der Waals surface area contributed by atoms with Crippen molar-refractivity contribution in [2.75, 3.05) is 26.3 Å². The third-order valence-corrected chi connectivity index (χ3v) is 6.83. The van der Waals surface area contributed by atoms with Crippen molar-refractivity contribution in [2.45, 2.75) is 24.4 Å². The molecule has 5 rings (SSSR count). The van der Waals surface area contributed by atoms with Crippen LogP contribution in [-0.4, -0.2) is 51.8 Å². The number of ether oxygens (including phenoxy) is 1. The van der Waals surface area contributed by atoms with Gasteiger partial charge in [0.15, 0.2) is 0 Å². The van der Waals surface area contributed by atoms with Crippen LogP contribution in [0.3, 0.4) is 0 Å². The van der Waals surface area contributed by atoms with E-state index < -0.39 is 5.54 Å². The van der Waals surface area contributed by atoms with E-state index in [0.29, 0.717) is 39.3 Å². The van der Waals surface area contributed by atoms with E-state index in [0.717, 1.165) is 22.2 Å². The monoisotopic (exact) mass is 438 g/mol. The molecule has 2 aromatic carbocycles. The van der Waals surface area contributed by atoms with Crippen molar-refractivity contribution in [1.29, 1.82) is 0 Å². The van der Waals surface area contributed by atoms with Crippen molar-refractivity contribution >= 4 is 16.9 Å². The molecule has 0 bridgehead atoms. The zero-order valence-corrected chi connectivity index (χ0v) is 18.3. The van der Waals surface area contributed by atoms with Crippen LogP contribution in [-0.2, 0) is 30.2 Å². The van der Waals surface area contributed by atoms with Gasteiger partial charge >= 0.3 is 5.69 Å². The number of carbonyl (C=O) groups is 1. The number of nitrogens with zero attached hydrogens (tertiary/aromatic N) is 3. The fraction of sp³-hybridized carbons (Fsp3) is 0.417. The minimum Gasteiger partial charge on any atom is -0.378 e. The van der Waals surface area contributed by atoms with Crippen LogP contribution in [0.5, 0.6) is 0 Å². The Labute approximate surface area is 185 Å². The molecule has 32 heavy (non-hydrogen) atoms. The minimum atomic E-state index is -0.606. The largest absolute Gasteiger partial charge is 0.378 e. The van der Waals surface area contributed by atoms with Gasteiger partial charge in [0, 0.05) is 46.1 Å². The lowest BCUT2D eigenvalue weighted by Gasteiger charge is -2.34. The molecule has 7 nitrogen and oxygen atoms in total. The van der Waals surface area contributed by atoms with Crippen LogP contribution >= 0.6 is 0 Å². The summed E-state index contributed by atoms with van der Waals surface area (Å²) in [6, 6.07) is 12.7. The molecule has 3 heterocycles. The number of likely N-dealkylation sites (tertiary alicyclic amines) is 1. The number of carbonyl (C=O) groups excluding carboxylic acids is 1. The van der Waals surface area contributed by atoms with Gasteiger partial charge in [0.05, 0.1) is 29.8 Å². The molecule has 0 aliphatic carbocycles. The average molecular weight is 439 g/mol. The predicted molar refractivity (Wildman–Crippen MR) is 119 cm³/mol. The molecule has 0 unspecified atom stereocenters. The first-order valence-electron chi connectivity index (χ1n) is 10.9. The van der Waals surface area contributed by atoms with Crippen molar-refractivity contribution in [3.05, 3.63) is 69.9 Å². The number of hydrogen-bond acceptors (Lipinski definition) is 4. The van der Waals surface area contributed by atoms with Crippen molar-refractivity contribution < 1.29 is 13.9 Å². The molecule has 2 saturated heterocycles. The zero-order chi connectivity index (χ0) is 22.5. The van der Waals surface area contributed by atoms with Gasteiger partial charge in [-0.2, -0.15) is 0 Å². The smallest absolute Gasteiger partial charge is 0.328 e. The number of aryl methyl sites for hydroxylation is 2. The maximum Gasteiger partial charge on any atom is 0.328 e. The lowest BCUT2D eigenvalue weighted by atomic mass is 9.82. The van der Waals surface area contributed by atoms with E-state index in [1.165, 1.54) is 6.07 Å². The number of benzene rings is 2. The van der Waals surface area contributed by atoms with Crippen LogP contribution in [0.2, 0.25) is 0 Å². The van der Waals surface area contributed by atoms with Gasteiger partial charge in [-0.05, 0) is 35.4 Å². The molecule has 1 aromatic heterocycles. The number of halogens is 1. The van der Waals surface area contributed by atoms with Gasteiger partial charge in [-0.3, -0.25) is 18.8 Å². The van der Waals surface area contributed by atoms with Crippen LogP contribution in [0, 0.1) is 5.82 Å². The van der Waals surface area contributed by atoms with Crippen molar-refractivity contribution in [2.24, 2.45) is 14.1 Å². The Bertz CT molecular complexity index is 1250. The third-order valence-electron chi connectivity index (χ3n) is 6.83. The summed E-state index contributed by atoms with van der Waals surface area (Å²) in [6.07, 6.45) is 0.330. The summed E-state index contributed by atoms with van der Waals surface area (Å²) in [6.45, 7) is 2.71. The quantitative estimate of drug-likeness (QED) is 0.678. The molecular formula is C24H27FN4O3. The summed E-state index contributed by atoms with van der Waals surface area (Å²) in [7, 11) is 3.55. The Hall–Kier alpha value is -2.97. The van der Waals surface area contributed by atoms with Crippen molar-refractivity contribution in [1.82, 2.24) is 19.4 Å². The van der Waals surface area contributed by atoms with Gasteiger partial charge in [-0.1, -0.05) is 18.2 Å². The molecule has 2 fully saturated rings. The standard InChI is InChI=1S/C24H27FN4O3/c1-27-20-7-6-16(10-21(20)28(2)23(27)31)12-29-13-19(17-4-3-5-18(25)11-17)24(14-29)15-32-9-8-22(30)26-24/h3-7,10-11,19H,8-9,12-15H2,1-2H3,(H,26,30)/t19-,24-/m0/s1. The first-order valence-corrected chi connectivity index (χ1v) is 10.9. The first kappa shape index (κ1) is 20.9. The SMILES string of the molecule is Cn1c(=O)n(C)c2cc(CN3C[C@@H](c4cccc(F)c4)[C@@]4(COCCC(=O)N4)C3)ccc21. The fourth-order valence-corrected chi connectivity index (χ4v) is 5.25. The lowest BCUT2D eigenvalue weighted by Crippen LogP contribution is -2.55. The molecule has 3 aromatic rings. The minimum absolute atomic E-state index is 0.0357. The lowest BCUT2D eigenvalue weighted by molar-refractivity contribution is -0.122. The summed E-state index contributed by atoms with van der Waals surface area (Å²) < 4.78 is 23.2. The molecule has 1 amide bonds. The molecule has 2 aliphatic rings.